The summed E-state index contributed by atoms with van der Waals surface area (Å²) in [6.45, 7) is 2.78. The molecule has 23 heavy (non-hydrogen) atoms. The first kappa shape index (κ1) is 15.4. The Morgan fingerprint density at radius 2 is 1.91 bits per heavy atom. The average molecular weight is 308 g/mol. The highest BCUT2D eigenvalue weighted by Crippen LogP contribution is 2.17. The van der Waals surface area contributed by atoms with E-state index in [2.05, 4.69) is 52.2 Å². The van der Waals surface area contributed by atoms with Crippen LogP contribution < -0.4 is 0 Å². The lowest BCUT2D eigenvalue weighted by Crippen LogP contribution is -2.25. The molecule has 0 aliphatic carbocycles. The third kappa shape index (κ3) is 3.29. The van der Waals surface area contributed by atoms with Crippen LogP contribution >= 0.6 is 0 Å². The number of rotatable bonds is 4. The normalized spacial score (nSPS) is 17.7. The van der Waals surface area contributed by atoms with Crippen molar-refractivity contribution in [2.45, 2.75) is 13.5 Å². The van der Waals surface area contributed by atoms with Crippen LogP contribution in [0.3, 0.4) is 0 Å². The van der Waals surface area contributed by atoms with Crippen molar-refractivity contribution in [2.24, 2.45) is 16.1 Å². The van der Waals surface area contributed by atoms with Crippen LogP contribution in [0.15, 0.2) is 52.9 Å². The first-order valence-electron chi connectivity index (χ1n) is 7.62. The highest BCUT2D eigenvalue weighted by Gasteiger charge is 2.22. The lowest BCUT2D eigenvalue weighted by atomic mass is 9.94. The Balaban J connectivity index is 1.82. The van der Waals surface area contributed by atoms with E-state index in [1.807, 2.05) is 31.2 Å². The van der Waals surface area contributed by atoms with Gasteiger partial charge in [0, 0.05) is 24.6 Å². The molecule has 0 radical (unpaired) electrons. The molecule has 0 spiro atoms. The largest absolute Gasteiger partial charge is 0.324 e. The Labute approximate surface area is 136 Å². The van der Waals surface area contributed by atoms with Gasteiger partial charge in [-0.05, 0) is 50.3 Å². The van der Waals surface area contributed by atoms with Crippen molar-refractivity contribution in [1.29, 1.82) is 0 Å². The van der Waals surface area contributed by atoms with E-state index < -0.39 is 0 Å². The molecule has 2 heterocycles. The van der Waals surface area contributed by atoms with Gasteiger partial charge in [0.05, 0.1) is 17.8 Å². The molecular weight excluding hydrogens is 288 g/mol. The van der Waals surface area contributed by atoms with Gasteiger partial charge >= 0.3 is 0 Å². The Hall–Kier alpha value is -2.53. The molecule has 5 nitrogen and oxygen atoms in total. The summed E-state index contributed by atoms with van der Waals surface area (Å²) in [5.41, 5.74) is 4.01. The van der Waals surface area contributed by atoms with Crippen molar-refractivity contribution >= 4 is 17.7 Å². The summed E-state index contributed by atoms with van der Waals surface area (Å²) in [6.07, 6.45) is 5.47. The van der Waals surface area contributed by atoms with Crippen LogP contribution in [0.25, 0.3) is 5.69 Å². The summed E-state index contributed by atoms with van der Waals surface area (Å²) in [5, 5.41) is 7.90. The zero-order valence-corrected chi connectivity index (χ0v) is 13.6. The second-order valence-electron chi connectivity index (χ2n) is 6.07. The van der Waals surface area contributed by atoms with Crippen LogP contribution in [-0.2, 0) is 11.3 Å². The smallest absolute Gasteiger partial charge is 0.184 e. The average Bonchev–Trinajstić information content (AvgIpc) is 2.98. The zero-order valence-electron chi connectivity index (χ0n) is 13.6. The van der Waals surface area contributed by atoms with Gasteiger partial charge in [0.1, 0.15) is 0 Å². The summed E-state index contributed by atoms with van der Waals surface area (Å²) >= 11 is 0. The van der Waals surface area contributed by atoms with Gasteiger partial charge in [0.15, 0.2) is 5.78 Å². The molecular formula is C18H20N4O. The number of nitrogens with zero attached hydrogens (tertiary/aromatic N) is 4. The SMILES string of the molecule is CC1C(=O)C=NN=C1c1ccc(-n2ccc(CN(C)C)c2)cc1. The quantitative estimate of drug-likeness (QED) is 0.871. The Kier molecular flexibility index (Phi) is 4.21. The lowest BCUT2D eigenvalue weighted by molar-refractivity contribution is -0.114. The van der Waals surface area contributed by atoms with Crippen LogP contribution in [0.5, 0.6) is 0 Å². The van der Waals surface area contributed by atoms with Crippen LogP contribution in [0.4, 0.5) is 0 Å². The molecule has 1 aliphatic heterocycles. The van der Waals surface area contributed by atoms with Crippen molar-refractivity contribution in [1.82, 2.24) is 9.47 Å². The molecule has 0 saturated carbocycles. The molecule has 5 heteroatoms. The van der Waals surface area contributed by atoms with Gasteiger partial charge in [0.25, 0.3) is 0 Å². The Morgan fingerprint density at radius 1 is 1.17 bits per heavy atom. The van der Waals surface area contributed by atoms with Gasteiger partial charge in [-0.25, -0.2) is 0 Å². The number of hydrogen-bond acceptors (Lipinski definition) is 4. The van der Waals surface area contributed by atoms with E-state index >= 15 is 0 Å². The summed E-state index contributed by atoms with van der Waals surface area (Å²) in [6, 6.07) is 10.2. The van der Waals surface area contributed by atoms with Crippen molar-refractivity contribution in [3.05, 3.63) is 53.9 Å². The number of hydrogen-bond donors (Lipinski definition) is 0. The van der Waals surface area contributed by atoms with Crippen LogP contribution in [0.2, 0.25) is 0 Å². The zero-order chi connectivity index (χ0) is 16.4. The molecule has 2 aromatic rings. The number of carbonyl (C=O) groups is 1. The molecule has 1 atom stereocenters. The standard InChI is InChI=1S/C18H20N4O/c1-13-17(23)10-19-20-18(13)15-4-6-16(7-5-15)22-9-8-14(12-22)11-21(2)3/h4-10,12-13H,11H2,1-3H3. The molecule has 0 N–H and O–H groups in total. The van der Waals surface area contributed by atoms with Gasteiger partial charge in [-0.1, -0.05) is 12.1 Å². The van der Waals surface area contributed by atoms with E-state index in [1.54, 1.807) is 0 Å². The maximum Gasteiger partial charge on any atom is 0.184 e. The molecule has 1 aliphatic rings. The third-order valence-electron chi connectivity index (χ3n) is 3.90. The van der Waals surface area contributed by atoms with E-state index in [-0.39, 0.29) is 11.7 Å². The predicted octanol–water partition coefficient (Wildman–Crippen LogP) is 2.53. The molecule has 3 rings (SSSR count). The van der Waals surface area contributed by atoms with Crippen LogP contribution in [0.1, 0.15) is 18.1 Å². The molecule has 118 valence electrons. The van der Waals surface area contributed by atoms with Gasteiger partial charge < -0.3 is 9.47 Å². The highest BCUT2D eigenvalue weighted by molar-refractivity contribution is 6.36. The molecule has 0 fully saturated rings. The molecule has 0 saturated heterocycles. The lowest BCUT2D eigenvalue weighted by Gasteiger charge is -2.14. The maximum atomic E-state index is 11.7. The van der Waals surface area contributed by atoms with Crippen LogP contribution in [-0.4, -0.2) is 41.3 Å². The van der Waals surface area contributed by atoms with E-state index in [9.17, 15) is 4.79 Å². The minimum atomic E-state index is -0.239. The Bertz CT molecular complexity index is 769. The molecule has 1 aromatic carbocycles. The number of carbonyl (C=O) groups excluding carboxylic acids is 1. The van der Waals surface area contributed by atoms with Crippen molar-refractivity contribution < 1.29 is 4.79 Å². The summed E-state index contributed by atoms with van der Waals surface area (Å²) in [7, 11) is 4.12. The van der Waals surface area contributed by atoms with Crippen molar-refractivity contribution in [2.75, 3.05) is 14.1 Å². The van der Waals surface area contributed by atoms with E-state index in [1.165, 1.54) is 11.8 Å². The van der Waals surface area contributed by atoms with E-state index in [0.717, 1.165) is 23.5 Å². The molecule has 0 amide bonds. The minimum Gasteiger partial charge on any atom is -0.324 e. The third-order valence-corrected chi connectivity index (χ3v) is 3.90. The second kappa shape index (κ2) is 6.30. The second-order valence-corrected chi connectivity index (χ2v) is 6.07. The first-order chi connectivity index (χ1) is 11.0. The number of Topliss-reactive ketones (excluding diaryl/α,β-unsaturated/α-hetero) is 1. The van der Waals surface area contributed by atoms with E-state index in [4.69, 9.17) is 0 Å². The number of ketones is 1. The summed E-state index contributed by atoms with van der Waals surface area (Å²) in [5.74, 6) is -0.241. The topological polar surface area (TPSA) is 50.0 Å². The molecule has 1 unspecified atom stereocenters. The molecule has 0 bridgehead atoms. The predicted molar refractivity (Wildman–Crippen MR) is 92.4 cm³/mol. The summed E-state index contributed by atoms with van der Waals surface area (Å²) < 4.78 is 2.10. The minimum absolute atomic E-state index is 0.00202. The monoisotopic (exact) mass is 308 g/mol. The van der Waals surface area contributed by atoms with Crippen LogP contribution in [0, 0.1) is 5.92 Å². The first-order valence-corrected chi connectivity index (χ1v) is 7.62. The van der Waals surface area contributed by atoms with Gasteiger partial charge in [-0.2, -0.15) is 10.2 Å². The number of aromatic nitrogens is 1. The Morgan fingerprint density at radius 3 is 2.61 bits per heavy atom. The van der Waals surface area contributed by atoms with Gasteiger partial charge in [-0.3, -0.25) is 4.79 Å². The number of benzene rings is 1. The fourth-order valence-electron chi connectivity index (χ4n) is 2.65. The van der Waals surface area contributed by atoms with Crippen molar-refractivity contribution in [3.8, 4) is 5.69 Å². The molecule has 1 aromatic heterocycles. The van der Waals surface area contributed by atoms with Gasteiger partial charge in [-0.15, -0.1) is 0 Å². The van der Waals surface area contributed by atoms with Gasteiger partial charge in [0.2, 0.25) is 0 Å². The maximum absolute atomic E-state index is 11.7. The van der Waals surface area contributed by atoms with E-state index in [0.29, 0.717) is 0 Å². The van der Waals surface area contributed by atoms with Crippen molar-refractivity contribution in [3.63, 3.8) is 0 Å². The summed E-state index contributed by atoms with van der Waals surface area (Å²) in [4.78, 5) is 13.9. The fraction of sp³-hybridized carbons (Fsp3) is 0.278. The highest BCUT2D eigenvalue weighted by atomic mass is 16.1. The fourth-order valence-corrected chi connectivity index (χ4v) is 2.65.